The Kier molecular flexibility index (Phi) is 3.18. The first kappa shape index (κ1) is 13.1. The highest BCUT2D eigenvalue weighted by Gasteiger charge is 2.27. The van der Waals surface area contributed by atoms with Gasteiger partial charge in [0, 0.05) is 30.9 Å². The van der Waals surface area contributed by atoms with Crippen LogP contribution in [0.15, 0.2) is 53.5 Å². The fourth-order valence-corrected chi connectivity index (χ4v) is 3.11. The van der Waals surface area contributed by atoms with Crippen molar-refractivity contribution in [3.63, 3.8) is 0 Å². The van der Waals surface area contributed by atoms with Gasteiger partial charge < -0.3 is 13.9 Å². The normalized spacial score (nSPS) is 18.7. The van der Waals surface area contributed by atoms with Crippen molar-refractivity contribution in [3.05, 3.63) is 54.8 Å². The highest BCUT2D eigenvalue weighted by molar-refractivity contribution is 5.96. The third kappa shape index (κ3) is 2.28. The van der Waals surface area contributed by atoms with Crippen molar-refractivity contribution in [2.75, 3.05) is 13.1 Å². The molecule has 0 aliphatic carbocycles. The predicted octanol–water partition coefficient (Wildman–Crippen LogP) is 3.11. The van der Waals surface area contributed by atoms with Crippen molar-refractivity contribution in [2.45, 2.75) is 18.9 Å². The van der Waals surface area contributed by atoms with E-state index < -0.39 is 0 Å². The van der Waals surface area contributed by atoms with E-state index in [1.807, 2.05) is 47.8 Å². The van der Waals surface area contributed by atoms with Gasteiger partial charge in [-0.2, -0.15) is 0 Å². The molecule has 4 rings (SSSR count). The Morgan fingerprint density at radius 3 is 3.05 bits per heavy atom. The van der Waals surface area contributed by atoms with Gasteiger partial charge in [0.15, 0.2) is 5.76 Å². The maximum Gasteiger partial charge on any atom is 0.289 e. The first-order chi connectivity index (χ1) is 10.8. The molecule has 0 bridgehead atoms. The molecule has 0 saturated carbocycles. The summed E-state index contributed by atoms with van der Waals surface area (Å²) in [7, 11) is 0. The first-order valence-corrected chi connectivity index (χ1v) is 7.56. The van der Waals surface area contributed by atoms with Crippen LogP contribution in [0.1, 0.15) is 29.4 Å². The number of furan rings is 1. The monoisotopic (exact) mass is 295 g/mol. The number of fused-ring (bicyclic) bond motifs is 1. The van der Waals surface area contributed by atoms with E-state index in [1.54, 1.807) is 6.20 Å². The molecule has 5 heteroatoms. The Labute approximate surface area is 128 Å². The van der Waals surface area contributed by atoms with Crippen LogP contribution in [0, 0.1) is 0 Å². The number of benzene rings is 1. The molecule has 1 aliphatic rings. The van der Waals surface area contributed by atoms with Crippen molar-refractivity contribution in [1.82, 2.24) is 14.5 Å². The molecule has 1 aromatic carbocycles. The van der Waals surface area contributed by atoms with Crippen LogP contribution in [0.5, 0.6) is 0 Å². The molecule has 1 saturated heterocycles. The number of aromatic nitrogens is 2. The van der Waals surface area contributed by atoms with E-state index in [-0.39, 0.29) is 5.91 Å². The summed E-state index contributed by atoms with van der Waals surface area (Å²) in [5.74, 6) is 0.397. The molecule has 1 aliphatic heterocycles. The second-order valence-corrected chi connectivity index (χ2v) is 5.71. The Morgan fingerprint density at radius 2 is 2.23 bits per heavy atom. The number of amides is 1. The summed E-state index contributed by atoms with van der Waals surface area (Å²) in [6.07, 6.45) is 7.62. The van der Waals surface area contributed by atoms with Crippen molar-refractivity contribution >= 4 is 16.9 Å². The second kappa shape index (κ2) is 5.33. The van der Waals surface area contributed by atoms with Gasteiger partial charge in [0.05, 0.1) is 12.4 Å². The molecule has 3 aromatic rings. The first-order valence-electron chi connectivity index (χ1n) is 7.56. The van der Waals surface area contributed by atoms with Crippen molar-refractivity contribution < 1.29 is 9.21 Å². The topological polar surface area (TPSA) is 51.3 Å². The van der Waals surface area contributed by atoms with Gasteiger partial charge in [0.25, 0.3) is 5.91 Å². The second-order valence-electron chi connectivity index (χ2n) is 5.71. The lowest BCUT2D eigenvalue weighted by Gasteiger charge is -2.32. The maximum absolute atomic E-state index is 12.7. The lowest BCUT2D eigenvalue weighted by molar-refractivity contribution is 0.0650. The SMILES string of the molecule is O=C(c1cc2ccccc2o1)N1CCC[C@@H](n2ccnc2)C1. The largest absolute Gasteiger partial charge is 0.451 e. The summed E-state index contributed by atoms with van der Waals surface area (Å²) in [5.41, 5.74) is 0.758. The van der Waals surface area contributed by atoms with Crippen molar-refractivity contribution in [1.29, 1.82) is 0 Å². The van der Waals surface area contributed by atoms with E-state index in [1.165, 1.54) is 0 Å². The molecule has 0 spiro atoms. The molecule has 0 unspecified atom stereocenters. The number of piperidine rings is 1. The lowest BCUT2D eigenvalue weighted by Crippen LogP contribution is -2.40. The molecule has 0 radical (unpaired) electrons. The highest BCUT2D eigenvalue weighted by atomic mass is 16.3. The van der Waals surface area contributed by atoms with Crippen molar-refractivity contribution in [2.24, 2.45) is 0 Å². The molecule has 0 N–H and O–H groups in total. The summed E-state index contributed by atoms with van der Waals surface area (Å²) >= 11 is 0. The number of imidazole rings is 1. The maximum atomic E-state index is 12.7. The van der Waals surface area contributed by atoms with Gasteiger partial charge >= 0.3 is 0 Å². The average Bonchev–Trinajstić information content (AvgIpc) is 3.23. The van der Waals surface area contributed by atoms with E-state index in [9.17, 15) is 4.79 Å². The molecule has 1 amide bonds. The number of rotatable bonds is 2. The van der Waals surface area contributed by atoms with Gasteiger partial charge in [0.1, 0.15) is 5.58 Å². The Hall–Kier alpha value is -2.56. The van der Waals surface area contributed by atoms with Gasteiger partial charge in [-0.05, 0) is 25.0 Å². The van der Waals surface area contributed by atoms with E-state index >= 15 is 0 Å². The summed E-state index contributed by atoms with van der Waals surface area (Å²) in [5, 5.41) is 0.967. The van der Waals surface area contributed by atoms with Crippen LogP contribution >= 0.6 is 0 Å². The summed E-state index contributed by atoms with van der Waals surface area (Å²) in [4.78, 5) is 18.7. The van der Waals surface area contributed by atoms with Gasteiger partial charge in [-0.25, -0.2) is 4.98 Å². The molecular weight excluding hydrogens is 278 g/mol. The van der Waals surface area contributed by atoms with Crippen LogP contribution in [-0.2, 0) is 0 Å². The average molecular weight is 295 g/mol. The molecule has 112 valence electrons. The van der Waals surface area contributed by atoms with Crippen molar-refractivity contribution in [3.8, 4) is 0 Å². The van der Waals surface area contributed by atoms with E-state index in [0.717, 1.165) is 30.4 Å². The smallest absolute Gasteiger partial charge is 0.289 e. The number of hydrogen-bond acceptors (Lipinski definition) is 3. The minimum atomic E-state index is -0.0268. The number of nitrogens with zero attached hydrogens (tertiary/aromatic N) is 3. The number of para-hydroxylation sites is 1. The Bertz CT molecular complexity index is 758. The number of carbonyl (C=O) groups excluding carboxylic acids is 1. The zero-order chi connectivity index (χ0) is 14.9. The summed E-state index contributed by atoms with van der Waals surface area (Å²) in [6.45, 7) is 1.48. The van der Waals surface area contributed by atoms with Gasteiger partial charge in [-0.15, -0.1) is 0 Å². The third-order valence-electron chi connectivity index (χ3n) is 4.27. The highest BCUT2D eigenvalue weighted by Crippen LogP contribution is 2.25. The van der Waals surface area contributed by atoms with E-state index in [4.69, 9.17) is 4.42 Å². The van der Waals surface area contributed by atoms with Crippen LogP contribution < -0.4 is 0 Å². The van der Waals surface area contributed by atoms with Gasteiger partial charge in [-0.3, -0.25) is 4.79 Å². The zero-order valence-electron chi connectivity index (χ0n) is 12.2. The lowest BCUT2D eigenvalue weighted by atomic mass is 10.1. The number of carbonyl (C=O) groups is 1. The van der Waals surface area contributed by atoms with E-state index in [0.29, 0.717) is 18.3 Å². The fourth-order valence-electron chi connectivity index (χ4n) is 3.11. The number of likely N-dealkylation sites (tertiary alicyclic amines) is 1. The molecule has 2 aromatic heterocycles. The van der Waals surface area contributed by atoms with Gasteiger partial charge in [-0.1, -0.05) is 18.2 Å². The zero-order valence-corrected chi connectivity index (χ0v) is 12.2. The molecule has 22 heavy (non-hydrogen) atoms. The Balaban J connectivity index is 1.56. The summed E-state index contributed by atoms with van der Waals surface area (Å²) < 4.78 is 7.78. The quantitative estimate of drug-likeness (QED) is 0.730. The molecule has 3 heterocycles. The minimum absolute atomic E-state index is 0.0268. The number of hydrogen-bond donors (Lipinski definition) is 0. The molecular formula is C17H17N3O2. The summed E-state index contributed by atoms with van der Waals surface area (Å²) in [6, 6.07) is 9.83. The molecule has 5 nitrogen and oxygen atoms in total. The van der Waals surface area contributed by atoms with E-state index in [2.05, 4.69) is 9.55 Å². The van der Waals surface area contributed by atoms with Crippen LogP contribution in [0.2, 0.25) is 0 Å². The Morgan fingerprint density at radius 1 is 1.32 bits per heavy atom. The van der Waals surface area contributed by atoms with Gasteiger partial charge in [0.2, 0.25) is 0 Å². The molecule has 1 fully saturated rings. The standard InChI is InChI=1S/C17H17N3O2/c21-17(16-10-13-4-1-2-6-15(13)22-16)19-8-3-5-14(11-19)20-9-7-18-12-20/h1-2,4,6-7,9-10,12,14H,3,5,8,11H2/t14-/m1/s1. The third-order valence-corrected chi connectivity index (χ3v) is 4.27. The van der Waals surface area contributed by atoms with Crippen LogP contribution in [0.25, 0.3) is 11.0 Å². The minimum Gasteiger partial charge on any atom is -0.451 e. The van der Waals surface area contributed by atoms with Crippen LogP contribution in [-0.4, -0.2) is 33.4 Å². The fraction of sp³-hybridized carbons (Fsp3) is 0.294. The molecule has 1 atom stereocenters. The predicted molar refractivity (Wildman–Crippen MR) is 82.6 cm³/mol. The van der Waals surface area contributed by atoms with Crippen LogP contribution in [0.3, 0.4) is 0 Å². The van der Waals surface area contributed by atoms with Crippen LogP contribution in [0.4, 0.5) is 0 Å².